The number of esters is 1. The Morgan fingerprint density at radius 1 is 1.43 bits per heavy atom. The zero-order chi connectivity index (χ0) is 14.7. The van der Waals surface area contributed by atoms with Crippen molar-refractivity contribution in [2.45, 2.75) is 12.6 Å². The quantitative estimate of drug-likeness (QED) is 0.802. The molecule has 1 aliphatic rings. The number of rotatable bonds is 3. The minimum Gasteiger partial charge on any atom is -0.467 e. The number of morpholine rings is 1. The Morgan fingerprint density at radius 3 is 3.14 bits per heavy atom. The molecule has 0 spiro atoms. The molecule has 5 heteroatoms. The van der Waals surface area contributed by atoms with Crippen LogP contribution in [-0.4, -0.2) is 48.8 Å². The van der Waals surface area contributed by atoms with Crippen LogP contribution in [0.4, 0.5) is 0 Å². The first-order valence-electron chi connectivity index (χ1n) is 7.02. The van der Waals surface area contributed by atoms with E-state index in [9.17, 15) is 4.79 Å². The summed E-state index contributed by atoms with van der Waals surface area (Å²) in [6.07, 6.45) is 1.34. The summed E-state index contributed by atoms with van der Waals surface area (Å²) in [4.78, 5) is 18.2. The molecule has 0 saturated carbocycles. The summed E-state index contributed by atoms with van der Waals surface area (Å²) < 4.78 is 10.2. The van der Waals surface area contributed by atoms with Crippen molar-refractivity contribution in [2.24, 2.45) is 0 Å². The van der Waals surface area contributed by atoms with Crippen molar-refractivity contribution in [3.63, 3.8) is 0 Å². The molecular weight excluding hydrogens is 268 g/mol. The molecule has 110 valence electrons. The molecule has 1 fully saturated rings. The van der Waals surface area contributed by atoms with Crippen molar-refractivity contribution < 1.29 is 14.3 Å². The largest absolute Gasteiger partial charge is 0.467 e. The number of hydrogen-bond donors (Lipinski definition) is 0. The molecule has 0 N–H and O–H groups in total. The van der Waals surface area contributed by atoms with E-state index in [4.69, 9.17) is 9.47 Å². The fourth-order valence-electron chi connectivity index (χ4n) is 2.65. The van der Waals surface area contributed by atoms with Gasteiger partial charge in [0.25, 0.3) is 0 Å². The van der Waals surface area contributed by atoms with Crippen molar-refractivity contribution in [2.75, 3.05) is 26.8 Å². The number of carbonyl (C=O) groups excluding carboxylic acids is 1. The van der Waals surface area contributed by atoms with E-state index >= 15 is 0 Å². The highest BCUT2D eigenvalue weighted by Gasteiger charge is 2.27. The first-order valence-corrected chi connectivity index (χ1v) is 7.02. The van der Waals surface area contributed by atoms with Gasteiger partial charge in [-0.25, -0.2) is 4.79 Å². The van der Waals surface area contributed by atoms with Gasteiger partial charge in [-0.15, -0.1) is 0 Å². The summed E-state index contributed by atoms with van der Waals surface area (Å²) in [6, 6.07) is 10.1. The van der Waals surface area contributed by atoms with Crippen molar-refractivity contribution in [1.82, 2.24) is 9.88 Å². The van der Waals surface area contributed by atoms with E-state index in [2.05, 4.69) is 16.0 Å². The first kappa shape index (κ1) is 14.0. The van der Waals surface area contributed by atoms with Crippen LogP contribution in [0.15, 0.2) is 36.5 Å². The fraction of sp³-hybridized carbons (Fsp3) is 0.375. The van der Waals surface area contributed by atoms with Crippen LogP contribution >= 0.6 is 0 Å². The van der Waals surface area contributed by atoms with E-state index < -0.39 is 6.10 Å². The van der Waals surface area contributed by atoms with Gasteiger partial charge < -0.3 is 9.47 Å². The van der Waals surface area contributed by atoms with E-state index in [0.29, 0.717) is 13.2 Å². The topological polar surface area (TPSA) is 51.7 Å². The number of benzene rings is 1. The maximum absolute atomic E-state index is 11.6. The molecule has 0 radical (unpaired) electrons. The normalized spacial score (nSPS) is 19.6. The summed E-state index contributed by atoms with van der Waals surface area (Å²) in [5.41, 5.74) is 2.21. The summed E-state index contributed by atoms with van der Waals surface area (Å²) in [5, 5.41) is 1.15. The average molecular weight is 286 g/mol. The first-order chi connectivity index (χ1) is 10.3. The number of fused-ring (bicyclic) bond motifs is 1. The van der Waals surface area contributed by atoms with E-state index in [1.165, 1.54) is 12.7 Å². The molecule has 3 rings (SSSR count). The smallest absolute Gasteiger partial charge is 0.336 e. The van der Waals surface area contributed by atoms with Crippen LogP contribution in [0.3, 0.4) is 0 Å². The Morgan fingerprint density at radius 2 is 2.29 bits per heavy atom. The summed E-state index contributed by atoms with van der Waals surface area (Å²) in [6.45, 7) is 2.69. The summed E-state index contributed by atoms with van der Waals surface area (Å²) >= 11 is 0. The second-order valence-electron chi connectivity index (χ2n) is 5.10. The van der Waals surface area contributed by atoms with E-state index in [1.807, 2.05) is 30.5 Å². The zero-order valence-electron chi connectivity index (χ0n) is 12.0. The van der Waals surface area contributed by atoms with Crippen LogP contribution in [0.2, 0.25) is 0 Å². The Labute approximate surface area is 123 Å². The van der Waals surface area contributed by atoms with Crippen LogP contribution in [0.25, 0.3) is 10.9 Å². The summed E-state index contributed by atoms with van der Waals surface area (Å²) in [7, 11) is 1.39. The highest BCUT2D eigenvalue weighted by molar-refractivity contribution is 5.81. The predicted molar refractivity (Wildman–Crippen MR) is 78.8 cm³/mol. The van der Waals surface area contributed by atoms with Gasteiger partial charge in [0, 0.05) is 31.2 Å². The number of ether oxygens (including phenoxy) is 2. The molecule has 0 bridgehead atoms. The monoisotopic (exact) mass is 286 g/mol. The minimum absolute atomic E-state index is 0.306. The van der Waals surface area contributed by atoms with Gasteiger partial charge >= 0.3 is 5.97 Å². The molecule has 1 aromatic heterocycles. The van der Waals surface area contributed by atoms with Gasteiger partial charge in [-0.3, -0.25) is 9.88 Å². The average Bonchev–Trinajstić information content (AvgIpc) is 2.55. The number of hydrogen-bond acceptors (Lipinski definition) is 5. The minimum atomic E-state index is -0.489. The standard InChI is InChI=1S/C16H18N2O3/c1-20-16(19)15-11-18(8-9-21-15)10-12-6-7-17-14-5-3-2-4-13(12)14/h2-7,15H,8-11H2,1H3. The van der Waals surface area contributed by atoms with E-state index in [-0.39, 0.29) is 5.97 Å². The van der Waals surface area contributed by atoms with Crippen LogP contribution in [0, 0.1) is 0 Å². The molecular formula is C16H18N2O3. The lowest BCUT2D eigenvalue weighted by atomic mass is 10.1. The van der Waals surface area contributed by atoms with Gasteiger partial charge in [0.1, 0.15) is 0 Å². The third kappa shape index (κ3) is 3.04. The van der Waals surface area contributed by atoms with Gasteiger partial charge in [0.05, 0.1) is 19.2 Å². The van der Waals surface area contributed by atoms with Gasteiger partial charge in [-0.2, -0.15) is 0 Å². The Kier molecular flexibility index (Phi) is 4.13. The Bertz CT molecular complexity index is 639. The maximum Gasteiger partial charge on any atom is 0.336 e. The zero-order valence-corrected chi connectivity index (χ0v) is 12.0. The molecule has 5 nitrogen and oxygen atoms in total. The predicted octanol–water partition coefficient (Wildman–Crippen LogP) is 1.61. The summed E-state index contributed by atoms with van der Waals surface area (Å²) in [5.74, 6) is -0.306. The second-order valence-corrected chi connectivity index (χ2v) is 5.10. The Balaban J connectivity index is 1.77. The molecule has 1 atom stereocenters. The molecule has 1 unspecified atom stereocenters. The van der Waals surface area contributed by atoms with Gasteiger partial charge in [0.2, 0.25) is 0 Å². The van der Waals surface area contributed by atoms with Gasteiger partial charge in [0.15, 0.2) is 6.10 Å². The van der Waals surface area contributed by atoms with Crippen LogP contribution < -0.4 is 0 Å². The lowest BCUT2D eigenvalue weighted by molar-refractivity contribution is -0.160. The van der Waals surface area contributed by atoms with Gasteiger partial charge in [-0.05, 0) is 17.7 Å². The number of aromatic nitrogens is 1. The highest BCUT2D eigenvalue weighted by Crippen LogP contribution is 2.19. The van der Waals surface area contributed by atoms with Crippen LogP contribution in [0.1, 0.15) is 5.56 Å². The highest BCUT2D eigenvalue weighted by atomic mass is 16.6. The van der Waals surface area contributed by atoms with Gasteiger partial charge in [-0.1, -0.05) is 18.2 Å². The molecule has 1 aliphatic heterocycles. The number of nitrogens with zero attached hydrogens (tertiary/aromatic N) is 2. The van der Waals surface area contributed by atoms with Crippen LogP contribution in [-0.2, 0) is 20.8 Å². The lowest BCUT2D eigenvalue weighted by Crippen LogP contribution is -2.46. The number of para-hydroxylation sites is 1. The Hall–Kier alpha value is -1.98. The second kappa shape index (κ2) is 6.20. The number of pyridine rings is 1. The third-order valence-electron chi connectivity index (χ3n) is 3.75. The van der Waals surface area contributed by atoms with E-state index in [1.54, 1.807) is 0 Å². The van der Waals surface area contributed by atoms with Crippen molar-refractivity contribution >= 4 is 16.9 Å². The van der Waals surface area contributed by atoms with E-state index in [0.717, 1.165) is 24.0 Å². The van der Waals surface area contributed by atoms with Crippen molar-refractivity contribution in [3.05, 3.63) is 42.1 Å². The molecule has 1 saturated heterocycles. The third-order valence-corrected chi connectivity index (χ3v) is 3.75. The molecule has 2 heterocycles. The van der Waals surface area contributed by atoms with Crippen LogP contribution in [0.5, 0.6) is 0 Å². The number of methoxy groups -OCH3 is 1. The number of carbonyl (C=O) groups is 1. The maximum atomic E-state index is 11.6. The van der Waals surface area contributed by atoms with Crippen molar-refractivity contribution in [1.29, 1.82) is 0 Å². The molecule has 21 heavy (non-hydrogen) atoms. The fourth-order valence-corrected chi connectivity index (χ4v) is 2.65. The SMILES string of the molecule is COC(=O)C1CN(Cc2ccnc3ccccc23)CCO1. The molecule has 0 amide bonds. The lowest BCUT2D eigenvalue weighted by Gasteiger charge is -2.31. The molecule has 0 aliphatic carbocycles. The van der Waals surface area contributed by atoms with Crippen molar-refractivity contribution in [3.8, 4) is 0 Å². The molecule has 1 aromatic carbocycles. The molecule has 2 aromatic rings.